The summed E-state index contributed by atoms with van der Waals surface area (Å²) in [6, 6.07) is 1.32. The molecule has 6 heteroatoms. The van der Waals surface area contributed by atoms with Gasteiger partial charge in [-0.25, -0.2) is 4.79 Å². The maximum atomic E-state index is 11.2. The van der Waals surface area contributed by atoms with Gasteiger partial charge in [0.1, 0.15) is 5.76 Å². The van der Waals surface area contributed by atoms with Crippen molar-refractivity contribution < 1.29 is 14.1 Å². The monoisotopic (exact) mass is 213 g/mol. The number of urea groups is 1. The third kappa shape index (κ3) is 4.46. The molecule has 0 aliphatic heterocycles. The molecule has 0 atom stereocenters. The van der Waals surface area contributed by atoms with E-state index in [0.29, 0.717) is 31.3 Å². The van der Waals surface area contributed by atoms with Crippen molar-refractivity contribution in [2.75, 3.05) is 25.1 Å². The average Bonchev–Trinajstić information content (AvgIpc) is 2.59. The predicted octanol–water partition coefficient (Wildman–Crippen LogP) is 1.14. The van der Waals surface area contributed by atoms with Gasteiger partial charge in [-0.15, -0.1) is 0 Å². The zero-order chi connectivity index (χ0) is 11.1. The fourth-order valence-corrected chi connectivity index (χ4v) is 0.967. The Labute approximate surface area is 88.0 Å². The Morgan fingerprint density at radius 3 is 3.07 bits per heavy atom. The van der Waals surface area contributed by atoms with Gasteiger partial charge >= 0.3 is 6.03 Å². The Kier molecular flexibility index (Phi) is 4.62. The molecule has 0 unspecified atom stereocenters. The molecule has 0 bridgehead atoms. The molecule has 0 radical (unpaired) electrons. The van der Waals surface area contributed by atoms with E-state index in [4.69, 9.17) is 9.26 Å². The summed E-state index contributed by atoms with van der Waals surface area (Å²) in [6.07, 6.45) is 0. The van der Waals surface area contributed by atoms with Crippen LogP contribution in [0.25, 0.3) is 0 Å². The van der Waals surface area contributed by atoms with Crippen molar-refractivity contribution in [3.05, 3.63) is 11.8 Å². The maximum Gasteiger partial charge on any atom is 0.320 e. The molecule has 1 heterocycles. The number of hydrogen-bond donors (Lipinski definition) is 2. The number of carbonyl (C=O) groups is 1. The first-order valence-corrected chi connectivity index (χ1v) is 4.78. The molecule has 1 aromatic rings. The molecule has 15 heavy (non-hydrogen) atoms. The van der Waals surface area contributed by atoms with Crippen LogP contribution in [0.15, 0.2) is 10.6 Å². The quantitative estimate of drug-likeness (QED) is 0.719. The minimum absolute atomic E-state index is 0.317. The van der Waals surface area contributed by atoms with Crippen molar-refractivity contribution in [3.8, 4) is 0 Å². The molecule has 84 valence electrons. The van der Waals surface area contributed by atoms with Crippen LogP contribution >= 0.6 is 0 Å². The summed E-state index contributed by atoms with van der Waals surface area (Å²) in [6.45, 7) is 5.27. The van der Waals surface area contributed by atoms with E-state index in [1.54, 1.807) is 13.0 Å². The molecule has 0 aliphatic rings. The summed E-state index contributed by atoms with van der Waals surface area (Å²) < 4.78 is 9.85. The number of anilines is 1. The van der Waals surface area contributed by atoms with Gasteiger partial charge in [-0.1, -0.05) is 5.16 Å². The Morgan fingerprint density at radius 2 is 2.47 bits per heavy atom. The molecule has 1 aromatic heterocycles. The first kappa shape index (κ1) is 11.5. The average molecular weight is 213 g/mol. The summed E-state index contributed by atoms with van der Waals surface area (Å²) in [5.41, 5.74) is 0. The fraction of sp³-hybridized carbons (Fsp3) is 0.556. The number of nitrogens with zero attached hydrogens (tertiary/aromatic N) is 1. The van der Waals surface area contributed by atoms with Crippen molar-refractivity contribution >= 4 is 11.8 Å². The van der Waals surface area contributed by atoms with E-state index in [1.165, 1.54) is 0 Å². The number of rotatable bonds is 5. The third-order valence-electron chi connectivity index (χ3n) is 1.61. The molecular weight excluding hydrogens is 198 g/mol. The van der Waals surface area contributed by atoms with Crippen LogP contribution in [-0.4, -0.2) is 30.9 Å². The summed E-state index contributed by atoms with van der Waals surface area (Å²) in [7, 11) is 0. The van der Waals surface area contributed by atoms with Crippen LogP contribution in [-0.2, 0) is 4.74 Å². The minimum atomic E-state index is -0.317. The lowest BCUT2D eigenvalue weighted by molar-refractivity contribution is 0.150. The SMILES string of the molecule is CCOCCNC(=O)Nc1cc(C)on1. The number of hydrogen-bond acceptors (Lipinski definition) is 4. The molecule has 1 rings (SSSR count). The molecule has 2 amide bonds. The zero-order valence-electron chi connectivity index (χ0n) is 8.87. The molecular formula is C9H15N3O3. The number of aromatic nitrogens is 1. The van der Waals surface area contributed by atoms with Gasteiger partial charge in [-0.3, -0.25) is 5.32 Å². The molecule has 0 spiro atoms. The van der Waals surface area contributed by atoms with Gasteiger partial charge in [0.15, 0.2) is 5.82 Å². The minimum Gasteiger partial charge on any atom is -0.380 e. The first-order chi connectivity index (χ1) is 7.22. The number of amides is 2. The molecule has 0 aliphatic carbocycles. The van der Waals surface area contributed by atoms with E-state index in [2.05, 4.69) is 15.8 Å². The van der Waals surface area contributed by atoms with Gasteiger partial charge in [0.2, 0.25) is 0 Å². The van der Waals surface area contributed by atoms with Crippen LogP contribution in [0.5, 0.6) is 0 Å². The predicted molar refractivity (Wildman–Crippen MR) is 54.8 cm³/mol. The van der Waals surface area contributed by atoms with Crippen molar-refractivity contribution in [2.24, 2.45) is 0 Å². The van der Waals surface area contributed by atoms with E-state index in [-0.39, 0.29) is 6.03 Å². The highest BCUT2D eigenvalue weighted by Gasteiger charge is 2.04. The van der Waals surface area contributed by atoms with Crippen LogP contribution in [0.1, 0.15) is 12.7 Å². The van der Waals surface area contributed by atoms with E-state index < -0.39 is 0 Å². The van der Waals surface area contributed by atoms with Crippen LogP contribution in [0.4, 0.5) is 10.6 Å². The molecule has 2 N–H and O–H groups in total. The number of carbonyl (C=O) groups excluding carboxylic acids is 1. The molecule has 0 saturated carbocycles. The Bertz CT molecular complexity index is 311. The Morgan fingerprint density at radius 1 is 1.67 bits per heavy atom. The lowest BCUT2D eigenvalue weighted by atomic mass is 10.5. The summed E-state index contributed by atoms with van der Waals surface area (Å²) in [4.78, 5) is 11.2. The van der Waals surface area contributed by atoms with Gasteiger partial charge in [0.25, 0.3) is 0 Å². The van der Waals surface area contributed by atoms with Crippen LogP contribution in [0.3, 0.4) is 0 Å². The molecule has 0 saturated heterocycles. The normalized spacial score (nSPS) is 10.0. The van der Waals surface area contributed by atoms with Gasteiger partial charge < -0.3 is 14.6 Å². The van der Waals surface area contributed by atoms with Gasteiger partial charge in [-0.2, -0.15) is 0 Å². The Balaban J connectivity index is 2.18. The van der Waals surface area contributed by atoms with Crippen LogP contribution < -0.4 is 10.6 Å². The van der Waals surface area contributed by atoms with Crippen molar-refractivity contribution in [2.45, 2.75) is 13.8 Å². The smallest absolute Gasteiger partial charge is 0.320 e. The van der Waals surface area contributed by atoms with Crippen molar-refractivity contribution in [1.82, 2.24) is 10.5 Å². The fourth-order valence-electron chi connectivity index (χ4n) is 0.967. The molecule has 0 fully saturated rings. The maximum absolute atomic E-state index is 11.2. The molecule has 6 nitrogen and oxygen atoms in total. The molecule has 0 aromatic carbocycles. The summed E-state index contributed by atoms with van der Waals surface area (Å²) in [5, 5.41) is 8.77. The number of ether oxygens (including phenoxy) is 1. The van der Waals surface area contributed by atoms with E-state index in [1.807, 2.05) is 6.92 Å². The zero-order valence-corrected chi connectivity index (χ0v) is 8.87. The Hall–Kier alpha value is -1.56. The van der Waals surface area contributed by atoms with Crippen molar-refractivity contribution in [1.29, 1.82) is 0 Å². The lowest BCUT2D eigenvalue weighted by Gasteiger charge is -2.04. The van der Waals surface area contributed by atoms with E-state index >= 15 is 0 Å². The van der Waals surface area contributed by atoms with Gasteiger partial charge in [0, 0.05) is 19.2 Å². The van der Waals surface area contributed by atoms with E-state index in [0.717, 1.165) is 0 Å². The van der Waals surface area contributed by atoms with Crippen LogP contribution in [0.2, 0.25) is 0 Å². The largest absolute Gasteiger partial charge is 0.380 e. The topological polar surface area (TPSA) is 76.4 Å². The standard InChI is InChI=1S/C9H15N3O3/c1-3-14-5-4-10-9(13)11-8-6-7(2)15-12-8/h6H,3-5H2,1-2H3,(H2,10,11,12,13). The lowest BCUT2D eigenvalue weighted by Crippen LogP contribution is -2.31. The van der Waals surface area contributed by atoms with Crippen LogP contribution in [0, 0.1) is 6.92 Å². The second-order valence-corrected chi connectivity index (χ2v) is 2.90. The summed E-state index contributed by atoms with van der Waals surface area (Å²) >= 11 is 0. The first-order valence-electron chi connectivity index (χ1n) is 4.78. The van der Waals surface area contributed by atoms with Gasteiger partial charge in [-0.05, 0) is 13.8 Å². The second kappa shape index (κ2) is 6.02. The summed E-state index contributed by atoms with van der Waals surface area (Å²) in [5.74, 6) is 1.06. The van der Waals surface area contributed by atoms with E-state index in [9.17, 15) is 4.79 Å². The van der Waals surface area contributed by atoms with Crippen molar-refractivity contribution in [3.63, 3.8) is 0 Å². The number of nitrogens with one attached hydrogen (secondary N) is 2. The van der Waals surface area contributed by atoms with Gasteiger partial charge in [0.05, 0.1) is 6.61 Å². The highest BCUT2D eigenvalue weighted by Crippen LogP contribution is 2.05. The number of aryl methyl sites for hydroxylation is 1. The second-order valence-electron chi connectivity index (χ2n) is 2.90. The highest BCUT2D eigenvalue weighted by molar-refractivity contribution is 5.88. The third-order valence-corrected chi connectivity index (χ3v) is 1.61. The highest BCUT2D eigenvalue weighted by atomic mass is 16.5.